The molecule has 3 aromatic rings. The first kappa shape index (κ1) is 17.6. The molecule has 0 atom stereocenters. The maximum Gasteiger partial charge on any atom is 0.337 e. The Hall–Kier alpha value is -2.83. The highest BCUT2D eigenvalue weighted by Crippen LogP contribution is 2.31. The Balaban J connectivity index is 1.99. The molecule has 1 aliphatic rings. The molecular weight excluding hydrogens is 344 g/mol. The summed E-state index contributed by atoms with van der Waals surface area (Å²) in [5, 5.41) is 0. The van der Waals surface area contributed by atoms with Gasteiger partial charge >= 0.3 is 5.69 Å². The zero-order chi connectivity index (χ0) is 19.1. The molecule has 0 saturated heterocycles. The summed E-state index contributed by atoms with van der Waals surface area (Å²) >= 11 is 0. The molecule has 0 radical (unpaired) electrons. The van der Waals surface area contributed by atoms with E-state index < -0.39 is 0 Å². The molecule has 1 fully saturated rings. The number of rotatable bonds is 6. The minimum absolute atomic E-state index is 0.178. The van der Waals surface area contributed by atoms with E-state index in [1.54, 1.807) is 25.6 Å². The van der Waals surface area contributed by atoms with E-state index in [9.17, 15) is 9.59 Å². The second kappa shape index (κ2) is 6.72. The highest BCUT2D eigenvalue weighted by atomic mass is 16.5. The second-order valence-corrected chi connectivity index (χ2v) is 7.64. The van der Waals surface area contributed by atoms with Crippen molar-refractivity contribution in [1.29, 1.82) is 0 Å². The van der Waals surface area contributed by atoms with E-state index in [0.29, 0.717) is 35.1 Å². The van der Waals surface area contributed by atoms with Crippen LogP contribution in [0.1, 0.15) is 26.7 Å². The van der Waals surface area contributed by atoms with E-state index >= 15 is 0 Å². The normalized spacial score (nSPS) is 14.2. The number of hydrogen-bond acceptors (Lipinski definition) is 4. The maximum atomic E-state index is 13.2. The van der Waals surface area contributed by atoms with Crippen LogP contribution in [0.15, 0.2) is 40.2 Å². The van der Waals surface area contributed by atoms with Crippen LogP contribution in [0.5, 0.6) is 5.75 Å². The van der Waals surface area contributed by atoms with Gasteiger partial charge in [0.25, 0.3) is 5.56 Å². The molecule has 0 amide bonds. The first-order valence-corrected chi connectivity index (χ1v) is 9.34. The van der Waals surface area contributed by atoms with Crippen molar-refractivity contribution in [1.82, 2.24) is 18.7 Å². The van der Waals surface area contributed by atoms with Gasteiger partial charge in [-0.15, -0.1) is 0 Å². The predicted molar refractivity (Wildman–Crippen MR) is 104 cm³/mol. The summed E-state index contributed by atoms with van der Waals surface area (Å²) in [5.41, 5.74) is 0.961. The molecule has 4 rings (SSSR count). The lowest BCUT2D eigenvalue weighted by Crippen LogP contribution is -2.41. The van der Waals surface area contributed by atoms with Crippen molar-refractivity contribution >= 4 is 11.2 Å². The monoisotopic (exact) mass is 368 g/mol. The minimum atomic E-state index is -0.358. The summed E-state index contributed by atoms with van der Waals surface area (Å²) in [6.07, 6.45) is 4.04. The summed E-state index contributed by atoms with van der Waals surface area (Å²) in [6, 6.07) is 7.22. The average Bonchev–Trinajstić information content (AvgIpc) is 3.37. The molecule has 2 aromatic heterocycles. The number of fused-ring (bicyclic) bond motifs is 1. The number of benzene rings is 1. The van der Waals surface area contributed by atoms with E-state index in [1.807, 2.05) is 30.5 Å². The van der Waals surface area contributed by atoms with E-state index in [1.165, 1.54) is 22.0 Å². The van der Waals surface area contributed by atoms with Gasteiger partial charge in [0.2, 0.25) is 0 Å². The standard InChI is InChI=1S/C20H24N4O3/c1-13(2)10-23-19(25)17-18(21-12-22(17)11-14-4-5-14)24(20(23)26)15-6-8-16(27-3)9-7-15/h6-9,12-14H,4-5,10-11H2,1-3H3. The van der Waals surface area contributed by atoms with Crippen LogP contribution in [-0.4, -0.2) is 25.8 Å². The highest BCUT2D eigenvalue weighted by molar-refractivity contribution is 5.72. The van der Waals surface area contributed by atoms with Gasteiger partial charge in [0.1, 0.15) is 5.75 Å². The Bertz CT molecular complexity index is 1090. The molecule has 142 valence electrons. The van der Waals surface area contributed by atoms with Crippen molar-refractivity contribution in [3.05, 3.63) is 51.4 Å². The van der Waals surface area contributed by atoms with Crippen molar-refractivity contribution in [2.24, 2.45) is 11.8 Å². The molecule has 2 heterocycles. The van der Waals surface area contributed by atoms with Crippen LogP contribution in [0.3, 0.4) is 0 Å². The number of ether oxygens (including phenoxy) is 1. The van der Waals surface area contributed by atoms with Gasteiger partial charge in [-0.05, 0) is 48.9 Å². The zero-order valence-corrected chi connectivity index (χ0v) is 15.9. The van der Waals surface area contributed by atoms with E-state index in [4.69, 9.17) is 4.74 Å². The Labute approximate surface area is 156 Å². The van der Waals surface area contributed by atoms with Crippen LogP contribution < -0.4 is 16.0 Å². The Kier molecular flexibility index (Phi) is 4.37. The second-order valence-electron chi connectivity index (χ2n) is 7.64. The lowest BCUT2D eigenvalue weighted by atomic mass is 10.2. The van der Waals surface area contributed by atoms with E-state index in [-0.39, 0.29) is 17.2 Å². The van der Waals surface area contributed by atoms with Gasteiger partial charge in [-0.25, -0.2) is 14.3 Å². The molecule has 1 saturated carbocycles. The fraction of sp³-hybridized carbons (Fsp3) is 0.450. The van der Waals surface area contributed by atoms with Crippen LogP contribution in [0.25, 0.3) is 16.9 Å². The van der Waals surface area contributed by atoms with Gasteiger partial charge < -0.3 is 9.30 Å². The highest BCUT2D eigenvalue weighted by Gasteiger charge is 2.25. The van der Waals surface area contributed by atoms with E-state index in [2.05, 4.69) is 4.98 Å². The third kappa shape index (κ3) is 3.18. The number of nitrogens with zero attached hydrogens (tertiary/aromatic N) is 4. The SMILES string of the molecule is COc1ccc(-n2c(=O)n(CC(C)C)c(=O)c3c2ncn3CC2CC2)cc1. The molecule has 0 N–H and O–H groups in total. The lowest BCUT2D eigenvalue weighted by molar-refractivity contribution is 0.414. The Morgan fingerprint density at radius 3 is 2.48 bits per heavy atom. The van der Waals surface area contributed by atoms with Crippen LogP contribution in [0.2, 0.25) is 0 Å². The molecule has 0 spiro atoms. The van der Waals surface area contributed by atoms with Gasteiger partial charge in [-0.1, -0.05) is 13.8 Å². The third-order valence-corrected chi connectivity index (χ3v) is 4.93. The molecule has 27 heavy (non-hydrogen) atoms. The largest absolute Gasteiger partial charge is 0.497 e. The van der Waals surface area contributed by atoms with Crippen LogP contribution >= 0.6 is 0 Å². The summed E-state index contributed by atoms with van der Waals surface area (Å²) in [7, 11) is 1.60. The first-order chi connectivity index (χ1) is 13.0. The molecule has 7 nitrogen and oxygen atoms in total. The molecule has 7 heteroatoms. The molecular formula is C20H24N4O3. The summed E-state index contributed by atoms with van der Waals surface area (Å²) in [6.45, 7) is 5.14. The zero-order valence-electron chi connectivity index (χ0n) is 15.9. The van der Waals surface area contributed by atoms with Crippen LogP contribution in [-0.2, 0) is 13.1 Å². The van der Waals surface area contributed by atoms with Gasteiger partial charge in [0.05, 0.1) is 19.1 Å². The van der Waals surface area contributed by atoms with Crippen molar-refractivity contribution in [3.63, 3.8) is 0 Å². The van der Waals surface area contributed by atoms with Crippen molar-refractivity contribution in [2.75, 3.05) is 7.11 Å². The molecule has 0 unspecified atom stereocenters. The molecule has 1 aromatic carbocycles. The summed E-state index contributed by atoms with van der Waals surface area (Å²) in [4.78, 5) is 30.7. The maximum absolute atomic E-state index is 13.2. The smallest absolute Gasteiger partial charge is 0.337 e. The predicted octanol–water partition coefficient (Wildman–Crippen LogP) is 2.42. The first-order valence-electron chi connectivity index (χ1n) is 9.34. The summed E-state index contributed by atoms with van der Waals surface area (Å²) in [5.74, 6) is 1.48. The summed E-state index contributed by atoms with van der Waals surface area (Å²) < 4.78 is 9.98. The number of methoxy groups -OCH3 is 1. The van der Waals surface area contributed by atoms with Gasteiger partial charge in [0, 0.05) is 13.1 Å². The van der Waals surface area contributed by atoms with Crippen LogP contribution in [0.4, 0.5) is 0 Å². The van der Waals surface area contributed by atoms with Gasteiger partial charge in [-0.2, -0.15) is 0 Å². The van der Waals surface area contributed by atoms with E-state index in [0.717, 1.165) is 6.54 Å². The fourth-order valence-corrected chi connectivity index (χ4v) is 3.39. The Morgan fingerprint density at radius 1 is 1.19 bits per heavy atom. The minimum Gasteiger partial charge on any atom is -0.497 e. The van der Waals surface area contributed by atoms with Gasteiger partial charge in [-0.3, -0.25) is 9.36 Å². The number of aromatic nitrogens is 4. The lowest BCUT2D eigenvalue weighted by Gasteiger charge is -2.14. The molecule has 0 aliphatic heterocycles. The van der Waals surface area contributed by atoms with Crippen molar-refractivity contribution < 1.29 is 4.74 Å². The number of imidazole rings is 1. The molecule has 1 aliphatic carbocycles. The van der Waals surface area contributed by atoms with Gasteiger partial charge in [0.15, 0.2) is 11.2 Å². The van der Waals surface area contributed by atoms with Crippen molar-refractivity contribution in [3.8, 4) is 11.4 Å². The van der Waals surface area contributed by atoms with Crippen LogP contribution in [0, 0.1) is 11.8 Å². The number of hydrogen-bond donors (Lipinski definition) is 0. The Morgan fingerprint density at radius 2 is 1.89 bits per heavy atom. The topological polar surface area (TPSA) is 71.1 Å². The molecule has 0 bridgehead atoms. The third-order valence-electron chi connectivity index (χ3n) is 4.93. The quantitative estimate of drug-likeness (QED) is 0.670. The fourth-order valence-electron chi connectivity index (χ4n) is 3.39. The average molecular weight is 368 g/mol. The van der Waals surface area contributed by atoms with Crippen molar-refractivity contribution in [2.45, 2.75) is 39.8 Å².